The molecule has 1 atom stereocenters. The Morgan fingerprint density at radius 3 is 2.07 bits per heavy atom. The summed E-state index contributed by atoms with van der Waals surface area (Å²) < 4.78 is 10.0. The second-order valence-electron chi connectivity index (χ2n) is 4.13. The molecule has 1 fully saturated rings. The molecule has 0 saturated carbocycles. The van der Waals surface area contributed by atoms with Crippen molar-refractivity contribution in [2.75, 3.05) is 0 Å². The minimum atomic E-state index is -1.83. The summed E-state index contributed by atoms with van der Waals surface area (Å²) in [6, 6.07) is 0. The Balaban J connectivity index is 3.07. The number of rotatable bonds is 2. The molecule has 1 aliphatic rings. The van der Waals surface area contributed by atoms with Gasteiger partial charge >= 0.3 is 17.7 Å². The quantitative estimate of drug-likeness (QED) is 0.670. The van der Waals surface area contributed by atoms with Crippen molar-refractivity contribution in [1.29, 1.82) is 0 Å². The molecule has 0 aromatic heterocycles. The van der Waals surface area contributed by atoms with E-state index >= 15 is 0 Å². The van der Waals surface area contributed by atoms with Crippen molar-refractivity contribution in [3.8, 4) is 0 Å². The van der Waals surface area contributed by atoms with Crippen molar-refractivity contribution < 1.29 is 24.2 Å². The van der Waals surface area contributed by atoms with Crippen LogP contribution in [0.25, 0.3) is 0 Å². The van der Waals surface area contributed by atoms with Crippen LogP contribution in [0.2, 0.25) is 0 Å². The lowest BCUT2D eigenvalue weighted by atomic mass is 10.0. The average Bonchev–Trinajstić information content (AvgIpc) is 2.24. The molecule has 0 spiro atoms. The van der Waals surface area contributed by atoms with Crippen LogP contribution in [-0.2, 0) is 19.1 Å². The van der Waals surface area contributed by atoms with Crippen molar-refractivity contribution in [3.05, 3.63) is 0 Å². The Bertz CT molecular complexity index is 281. The second kappa shape index (κ2) is 2.95. The minimum Gasteiger partial charge on any atom is -0.476 e. The fraction of sp³-hybridized carbons (Fsp3) is 0.778. The van der Waals surface area contributed by atoms with Gasteiger partial charge in [0, 0.05) is 5.92 Å². The molecular formula is C9H14O5. The highest BCUT2D eigenvalue weighted by Crippen LogP contribution is 2.37. The SMILES string of the molecule is CC(C)C1(C(=O)O)OC(=O)C(C)(C)O1. The summed E-state index contributed by atoms with van der Waals surface area (Å²) >= 11 is 0. The van der Waals surface area contributed by atoms with Gasteiger partial charge in [0.1, 0.15) is 0 Å². The number of hydrogen-bond acceptors (Lipinski definition) is 4. The maximum Gasteiger partial charge on any atom is 0.377 e. The highest BCUT2D eigenvalue weighted by molar-refractivity contribution is 5.88. The predicted molar refractivity (Wildman–Crippen MR) is 46.5 cm³/mol. The molecular weight excluding hydrogens is 188 g/mol. The van der Waals surface area contributed by atoms with Gasteiger partial charge in [-0.25, -0.2) is 9.59 Å². The molecule has 0 aromatic rings. The molecule has 0 bridgehead atoms. The van der Waals surface area contributed by atoms with Gasteiger partial charge in [0.2, 0.25) is 0 Å². The molecule has 0 radical (unpaired) electrons. The van der Waals surface area contributed by atoms with Crippen molar-refractivity contribution >= 4 is 11.9 Å². The molecule has 1 N–H and O–H groups in total. The summed E-state index contributed by atoms with van der Waals surface area (Å²) in [6.07, 6.45) is 0. The molecule has 1 saturated heterocycles. The number of carboxylic acid groups (broad SMARTS) is 1. The topological polar surface area (TPSA) is 72.8 Å². The number of carboxylic acids is 1. The lowest BCUT2D eigenvalue weighted by Crippen LogP contribution is -2.46. The van der Waals surface area contributed by atoms with Gasteiger partial charge in [0.05, 0.1) is 0 Å². The highest BCUT2D eigenvalue weighted by atomic mass is 16.8. The van der Waals surface area contributed by atoms with Crippen LogP contribution >= 0.6 is 0 Å². The van der Waals surface area contributed by atoms with Crippen molar-refractivity contribution in [3.63, 3.8) is 0 Å². The fourth-order valence-electron chi connectivity index (χ4n) is 1.27. The van der Waals surface area contributed by atoms with E-state index in [9.17, 15) is 9.59 Å². The zero-order chi connectivity index (χ0) is 11.1. The normalized spacial score (nSPS) is 30.5. The van der Waals surface area contributed by atoms with Crippen molar-refractivity contribution in [2.24, 2.45) is 5.92 Å². The molecule has 1 rings (SSSR count). The van der Waals surface area contributed by atoms with E-state index in [2.05, 4.69) is 0 Å². The van der Waals surface area contributed by atoms with E-state index in [4.69, 9.17) is 14.6 Å². The van der Waals surface area contributed by atoms with Crippen LogP contribution in [-0.4, -0.2) is 28.4 Å². The first kappa shape index (κ1) is 11.0. The zero-order valence-corrected chi connectivity index (χ0v) is 8.66. The van der Waals surface area contributed by atoms with E-state index in [0.717, 1.165) is 0 Å². The van der Waals surface area contributed by atoms with Gasteiger partial charge in [-0.15, -0.1) is 0 Å². The Hall–Kier alpha value is -1.10. The third-order valence-corrected chi connectivity index (χ3v) is 2.20. The molecule has 1 aliphatic heterocycles. The summed E-state index contributed by atoms with van der Waals surface area (Å²) in [6.45, 7) is 6.23. The van der Waals surface area contributed by atoms with Crippen LogP contribution in [0, 0.1) is 5.92 Å². The maximum atomic E-state index is 11.3. The third kappa shape index (κ3) is 1.37. The first-order chi connectivity index (χ1) is 6.22. The monoisotopic (exact) mass is 202 g/mol. The zero-order valence-electron chi connectivity index (χ0n) is 8.66. The number of hydrogen-bond donors (Lipinski definition) is 1. The van der Waals surface area contributed by atoms with Crippen LogP contribution in [0.3, 0.4) is 0 Å². The Labute approximate surface area is 82.0 Å². The summed E-state index contributed by atoms with van der Waals surface area (Å²) in [7, 11) is 0. The summed E-state index contributed by atoms with van der Waals surface area (Å²) in [5.74, 6) is -4.19. The van der Waals surface area contributed by atoms with E-state index < -0.39 is 29.2 Å². The minimum absolute atomic E-state index is 0.439. The van der Waals surface area contributed by atoms with Gasteiger partial charge < -0.3 is 14.6 Å². The van der Waals surface area contributed by atoms with Gasteiger partial charge in [0.15, 0.2) is 5.60 Å². The molecule has 5 nitrogen and oxygen atoms in total. The first-order valence-electron chi connectivity index (χ1n) is 4.39. The van der Waals surface area contributed by atoms with E-state index in [1.54, 1.807) is 13.8 Å². The molecule has 1 heterocycles. The molecule has 80 valence electrons. The Morgan fingerprint density at radius 2 is 1.93 bits per heavy atom. The largest absolute Gasteiger partial charge is 0.476 e. The number of aliphatic carboxylic acids is 1. The second-order valence-corrected chi connectivity index (χ2v) is 4.13. The molecule has 0 amide bonds. The van der Waals surface area contributed by atoms with Gasteiger partial charge in [0.25, 0.3) is 0 Å². The third-order valence-electron chi connectivity index (χ3n) is 2.20. The van der Waals surface area contributed by atoms with Gasteiger partial charge in [-0.05, 0) is 13.8 Å². The van der Waals surface area contributed by atoms with Crippen LogP contribution < -0.4 is 0 Å². The van der Waals surface area contributed by atoms with E-state index in [1.807, 2.05) is 0 Å². The smallest absolute Gasteiger partial charge is 0.377 e. The summed E-state index contributed by atoms with van der Waals surface area (Å²) in [5.41, 5.74) is -1.19. The first-order valence-corrected chi connectivity index (χ1v) is 4.39. The summed E-state index contributed by atoms with van der Waals surface area (Å²) in [4.78, 5) is 22.3. The Kier molecular flexibility index (Phi) is 2.31. The van der Waals surface area contributed by atoms with E-state index in [0.29, 0.717) is 0 Å². The van der Waals surface area contributed by atoms with Crippen LogP contribution in [0.15, 0.2) is 0 Å². The number of cyclic esters (lactones) is 1. The predicted octanol–water partition coefficient (Wildman–Crippen LogP) is 0.775. The van der Waals surface area contributed by atoms with Gasteiger partial charge in [-0.2, -0.15) is 0 Å². The molecule has 5 heteroatoms. The van der Waals surface area contributed by atoms with Gasteiger partial charge in [-0.1, -0.05) is 13.8 Å². The average molecular weight is 202 g/mol. The number of ether oxygens (including phenoxy) is 2. The fourth-order valence-corrected chi connectivity index (χ4v) is 1.27. The Morgan fingerprint density at radius 1 is 1.43 bits per heavy atom. The maximum absolute atomic E-state index is 11.3. The van der Waals surface area contributed by atoms with E-state index in [-0.39, 0.29) is 0 Å². The number of carbonyl (C=O) groups excluding carboxylic acids is 1. The number of esters is 1. The lowest BCUT2D eigenvalue weighted by molar-refractivity contribution is -0.226. The van der Waals surface area contributed by atoms with Crippen LogP contribution in [0.1, 0.15) is 27.7 Å². The lowest BCUT2D eigenvalue weighted by Gasteiger charge is -2.26. The van der Waals surface area contributed by atoms with Crippen molar-refractivity contribution in [2.45, 2.75) is 39.1 Å². The van der Waals surface area contributed by atoms with Crippen LogP contribution in [0.5, 0.6) is 0 Å². The molecule has 0 aliphatic carbocycles. The molecule has 1 unspecified atom stereocenters. The summed E-state index contributed by atoms with van der Waals surface area (Å²) in [5, 5.41) is 8.98. The number of carbonyl (C=O) groups is 2. The van der Waals surface area contributed by atoms with Crippen molar-refractivity contribution in [1.82, 2.24) is 0 Å². The molecule has 0 aromatic carbocycles. The van der Waals surface area contributed by atoms with Crippen LogP contribution in [0.4, 0.5) is 0 Å². The van der Waals surface area contributed by atoms with Gasteiger partial charge in [-0.3, -0.25) is 0 Å². The standard InChI is InChI=1S/C9H14O5/c1-5(2)9(6(10)11)13-7(12)8(3,4)14-9/h5H,1-4H3,(H,10,11). The van der Waals surface area contributed by atoms with E-state index in [1.165, 1.54) is 13.8 Å². The molecule has 14 heavy (non-hydrogen) atoms. The highest BCUT2D eigenvalue weighted by Gasteiger charge is 2.59.